The normalized spacial score (nSPS) is 10.5. The molecule has 2 rings (SSSR count). The predicted octanol–water partition coefficient (Wildman–Crippen LogP) is 3.55. The van der Waals surface area contributed by atoms with Gasteiger partial charge in [-0.2, -0.15) is 0 Å². The van der Waals surface area contributed by atoms with Gasteiger partial charge in [0.15, 0.2) is 0 Å². The van der Waals surface area contributed by atoms with Crippen molar-refractivity contribution >= 4 is 11.6 Å². The summed E-state index contributed by atoms with van der Waals surface area (Å²) < 4.78 is 13.4. The fourth-order valence-corrected chi connectivity index (χ4v) is 1.66. The molecule has 2 nitrogen and oxygen atoms in total. The molecule has 0 unspecified atom stereocenters. The number of benzene rings is 1. The Morgan fingerprint density at radius 2 is 1.88 bits per heavy atom. The van der Waals surface area contributed by atoms with Crippen LogP contribution in [0, 0.1) is 19.7 Å². The average molecular weight is 237 g/mol. The molecular weight excluding hydrogens is 227 g/mol. The number of aromatic nitrogens is 2. The third-order valence-corrected chi connectivity index (χ3v) is 2.47. The number of hydrogen-bond acceptors (Lipinski definition) is 2. The fourth-order valence-electron chi connectivity index (χ4n) is 1.43. The number of nitrogens with zero attached hydrogens (tertiary/aromatic N) is 2. The maximum Gasteiger partial charge on any atom is 0.133 e. The van der Waals surface area contributed by atoms with Gasteiger partial charge in [-0.05, 0) is 25.5 Å². The maximum absolute atomic E-state index is 13.4. The summed E-state index contributed by atoms with van der Waals surface area (Å²) in [4.78, 5) is 8.17. The summed E-state index contributed by atoms with van der Waals surface area (Å²) in [6, 6.07) is 6.61. The van der Waals surface area contributed by atoms with E-state index in [-0.39, 0.29) is 5.82 Å². The molecule has 1 aromatic heterocycles. The molecule has 0 atom stereocenters. The second kappa shape index (κ2) is 4.18. The lowest BCUT2D eigenvalue weighted by molar-refractivity contribution is 0.619. The first-order valence-electron chi connectivity index (χ1n) is 4.84. The van der Waals surface area contributed by atoms with Gasteiger partial charge < -0.3 is 0 Å². The minimum absolute atomic E-state index is 0.245. The first kappa shape index (κ1) is 11.0. The summed E-state index contributed by atoms with van der Waals surface area (Å²) >= 11 is 5.83. The third-order valence-electron chi connectivity index (χ3n) is 2.27. The molecule has 0 spiro atoms. The van der Waals surface area contributed by atoms with Crippen LogP contribution in [0.4, 0.5) is 4.39 Å². The van der Waals surface area contributed by atoms with E-state index in [9.17, 15) is 4.39 Å². The van der Waals surface area contributed by atoms with Crippen LogP contribution in [0.2, 0.25) is 5.15 Å². The Hall–Kier alpha value is -1.48. The van der Waals surface area contributed by atoms with Crippen LogP contribution >= 0.6 is 11.6 Å². The largest absolute Gasteiger partial charge is 0.233 e. The summed E-state index contributed by atoms with van der Waals surface area (Å²) in [6.07, 6.45) is 0. The monoisotopic (exact) mass is 236 g/mol. The van der Waals surface area contributed by atoms with Gasteiger partial charge in [0, 0.05) is 11.6 Å². The van der Waals surface area contributed by atoms with Crippen LogP contribution in [0.5, 0.6) is 0 Å². The van der Waals surface area contributed by atoms with E-state index in [1.165, 1.54) is 6.07 Å². The highest BCUT2D eigenvalue weighted by Gasteiger charge is 2.05. The molecule has 1 heterocycles. The van der Waals surface area contributed by atoms with Crippen molar-refractivity contribution in [2.24, 2.45) is 0 Å². The predicted molar refractivity (Wildman–Crippen MR) is 61.9 cm³/mol. The lowest BCUT2D eigenvalue weighted by atomic mass is 10.1. The smallest absolute Gasteiger partial charge is 0.133 e. The Morgan fingerprint density at radius 1 is 1.12 bits per heavy atom. The minimum atomic E-state index is -0.245. The van der Waals surface area contributed by atoms with E-state index in [1.54, 1.807) is 26.0 Å². The second-order valence-corrected chi connectivity index (χ2v) is 3.97. The van der Waals surface area contributed by atoms with Crippen LogP contribution < -0.4 is 0 Å². The minimum Gasteiger partial charge on any atom is -0.233 e. The van der Waals surface area contributed by atoms with E-state index in [0.29, 0.717) is 27.8 Å². The van der Waals surface area contributed by atoms with E-state index in [2.05, 4.69) is 9.97 Å². The van der Waals surface area contributed by atoms with Crippen molar-refractivity contribution in [2.45, 2.75) is 13.8 Å². The molecule has 0 bridgehead atoms. The van der Waals surface area contributed by atoms with Crippen molar-refractivity contribution in [1.29, 1.82) is 0 Å². The molecule has 4 heteroatoms. The zero-order valence-electron chi connectivity index (χ0n) is 8.96. The Bertz CT molecular complexity index is 520. The topological polar surface area (TPSA) is 25.8 Å². The molecule has 82 valence electrons. The molecule has 2 aromatic rings. The van der Waals surface area contributed by atoms with Crippen LogP contribution in [0.3, 0.4) is 0 Å². The van der Waals surface area contributed by atoms with Crippen molar-refractivity contribution < 1.29 is 4.39 Å². The van der Waals surface area contributed by atoms with Crippen molar-refractivity contribution in [1.82, 2.24) is 9.97 Å². The molecule has 0 saturated carbocycles. The molecule has 0 amide bonds. The van der Waals surface area contributed by atoms with Gasteiger partial charge in [0.25, 0.3) is 0 Å². The lowest BCUT2D eigenvalue weighted by Gasteiger charge is -2.04. The van der Waals surface area contributed by atoms with E-state index < -0.39 is 0 Å². The molecule has 16 heavy (non-hydrogen) atoms. The molecule has 0 fully saturated rings. The SMILES string of the molecule is Cc1nc(Cl)cc(-c2ccc(C)c(F)c2)n1. The van der Waals surface area contributed by atoms with Crippen LogP contribution in [-0.2, 0) is 0 Å². The van der Waals surface area contributed by atoms with Gasteiger partial charge in [-0.1, -0.05) is 23.7 Å². The second-order valence-electron chi connectivity index (χ2n) is 3.59. The van der Waals surface area contributed by atoms with Gasteiger partial charge in [-0.15, -0.1) is 0 Å². The number of hydrogen-bond donors (Lipinski definition) is 0. The van der Waals surface area contributed by atoms with Crippen molar-refractivity contribution in [3.8, 4) is 11.3 Å². The maximum atomic E-state index is 13.4. The molecular formula is C12H10ClFN2. The van der Waals surface area contributed by atoms with E-state index >= 15 is 0 Å². The summed E-state index contributed by atoms with van der Waals surface area (Å²) in [7, 11) is 0. The molecule has 0 aliphatic carbocycles. The standard InChI is InChI=1S/C12H10ClFN2/c1-7-3-4-9(5-10(7)14)11-6-12(13)16-8(2)15-11/h3-6H,1-2H3. The van der Waals surface area contributed by atoms with Crippen molar-refractivity contribution in [3.63, 3.8) is 0 Å². The average Bonchev–Trinajstić information content (AvgIpc) is 2.20. The molecule has 0 saturated heterocycles. The quantitative estimate of drug-likeness (QED) is 0.708. The number of halogens is 2. The van der Waals surface area contributed by atoms with Gasteiger partial charge in [0.05, 0.1) is 5.69 Å². The zero-order valence-corrected chi connectivity index (χ0v) is 9.72. The highest BCUT2D eigenvalue weighted by Crippen LogP contribution is 2.21. The van der Waals surface area contributed by atoms with E-state index in [1.807, 2.05) is 6.07 Å². The van der Waals surface area contributed by atoms with Gasteiger partial charge in [0.1, 0.15) is 16.8 Å². The van der Waals surface area contributed by atoms with Gasteiger partial charge in [-0.25, -0.2) is 14.4 Å². The molecule has 0 N–H and O–H groups in total. The van der Waals surface area contributed by atoms with Crippen molar-refractivity contribution in [2.75, 3.05) is 0 Å². The van der Waals surface area contributed by atoms with Gasteiger partial charge in [0.2, 0.25) is 0 Å². The van der Waals surface area contributed by atoms with E-state index in [4.69, 9.17) is 11.6 Å². The third kappa shape index (κ3) is 2.19. The Kier molecular flexibility index (Phi) is 2.88. The Morgan fingerprint density at radius 3 is 2.50 bits per heavy atom. The Balaban J connectivity index is 2.54. The molecule has 0 aliphatic heterocycles. The summed E-state index contributed by atoms with van der Waals surface area (Å²) in [5, 5.41) is 0.364. The van der Waals surface area contributed by atoms with Crippen LogP contribution in [0.25, 0.3) is 11.3 Å². The summed E-state index contributed by atoms with van der Waals surface area (Å²) in [5.41, 5.74) is 1.95. The van der Waals surface area contributed by atoms with Crippen LogP contribution in [-0.4, -0.2) is 9.97 Å². The van der Waals surface area contributed by atoms with Crippen molar-refractivity contribution in [3.05, 3.63) is 46.6 Å². The molecule has 0 aliphatic rings. The molecule has 1 aromatic carbocycles. The summed E-state index contributed by atoms with van der Waals surface area (Å²) in [6.45, 7) is 3.47. The first-order valence-corrected chi connectivity index (χ1v) is 5.22. The van der Waals surface area contributed by atoms with Crippen LogP contribution in [0.15, 0.2) is 24.3 Å². The number of aryl methyl sites for hydroxylation is 2. The molecule has 0 radical (unpaired) electrons. The van der Waals surface area contributed by atoms with Gasteiger partial charge >= 0.3 is 0 Å². The number of rotatable bonds is 1. The highest BCUT2D eigenvalue weighted by molar-refractivity contribution is 6.29. The lowest BCUT2D eigenvalue weighted by Crippen LogP contribution is -1.92. The fraction of sp³-hybridized carbons (Fsp3) is 0.167. The highest BCUT2D eigenvalue weighted by atomic mass is 35.5. The van der Waals surface area contributed by atoms with Crippen LogP contribution in [0.1, 0.15) is 11.4 Å². The first-order chi connectivity index (χ1) is 7.56. The van der Waals surface area contributed by atoms with E-state index in [0.717, 1.165) is 0 Å². The summed E-state index contributed by atoms with van der Waals surface area (Å²) in [5.74, 6) is 0.327. The zero-order chi connectivity index (χ0) is 11.7. The Labute approximate surface area is 98.1 Å². The van der Waals surface area contributed by atoms with Gasteiger partial charge in [-0.3, -0.25) is 0 Å².